The summed E-state index contributed by atoms with van der Waals surface area (Å²) in [6, 6.07) is 23.9. The fourth-order valence-corrected chi connectivity index (χ4v) is 5.78. The second-order valence-corrected chi connectivity index (χ2v) is 11.4. The van der Waals surface area contributed by atoms with Crippen molar-refractivity contribution >= 4 is 30.4 Å². The van der Waals surface area contributed by atoms with E-state index in [0.29, 0.717) is 11.5 Å². The van der Waals surface area contributed by atoms with Gasteiger partial charge in [-0.2, -0.15) is 9.98 Å². The van der Waals surface area contributed by atoms with Crippen LogP contribution in [0.4, 0.5) is 0 Å². The Bertz CT molecular complexity index is 1640. The van der Waals surface area contributed by atoms with E-state index in [1.54, 1.807) is 33.2 Å². The second-order valence-electron chi connectivity index (χ2n) is 11.4. The van der Waals surface area contributed by atoms with Gasteiger partial charge in [0, 0.05) is 14.1 Å². The average Bonchev–Trinajstić information content (AvgIpc) is 3.65. The molecule has 3 aromatic rings. The number of rotatable bonds is 10. The first-order valence-electron chi connectivity index (χ1n) is 15.0. The van der Waals surface area contributed by atoms with Crippen LogP contribution >= 0.6 is 0 Å². The summed E-state index contributed by atoms with van der Waals surface area (Å²) < 4.78 is 24.0. The molecule has 0 bridgehead atoms. The summed E-state index contributed by atoms with van der Waals surface area (Å²) in [6.07, 6.45) is -1.97. The summed E-state index contributed by atoms with van der Waals surface area (Å²) in [4.78, 5) is 32.5. The van der Waals surface area contributed by atoms with Crippen molar-refractivity contribution in [1.29, 1.82) is 0 Å². The molecule has 3 aliphatic rings. The molecule has 3 heterocycles. The molecular weight excluding hydrogens is 604 g/mol. The monoisotopic (exact) mass is 640 g/mol. The number of aliphatic hydroxyl groups excluding tert-OH is 2. The Morgan fingerprint density at radius 2 is 1.49 bits per heavy atom. The van der Waals surface area contributed by atoms with Crippen LogP contribution in [0.3, 0.4) is 0 Å². The molecule has 47 heavy (non-hydrogen) atoms. The van der Waals surface area contributed by atoms with Gasteiger partial charge in [-0.1, -0.05) is 54.6 Å². The fraction of sp³-hybridized carbons (Fsp3) is 0.324. The third-order valence-electron chi connectivity index (χ3n) is 8.16. The maximum absolute atomic E-state index is 12.7. The van der Waals surface area contributed by atoms with Crippen LogP contribution in [-0.4, -0.2) is 116 Å². The molecule has 1 unspecified atom stereocenters. The summed E-state index contributed by atoms with van der Waals surface area (Å²) in [6.45, 7) is -0.124. The van der Waals surface area contributed by atoms with Crippen molar-refractivity contribution in [3.05, 3.63) is 95.6 Å². The van der Waals surface area contributed by atoms with E-state index in [-0.39, 0.29) is 18.4 Å². The van der Waals surface area contributed by atoms with Crippen molar-refractivity contribution in [2.24, 2.45) is 20.0 Å². The Balaban J connectivity index is 1.32. The van der Waals surface area contributed by atoms with E-state index < -0.39 is 42.1 Å². The maximum Gasteiger partial charge on any atom is 0.281 e. The quantitative estimate of drug-likeness (QED) is 0.193. The number of benzene rings is 3. The van der Waals surface area contributed by atoms with Crippen LogP contribution in [0.5, 0.6) is 11.5 Å². The van der Waals surface area contributed by atoms with Crippen LogP contribution in [-0.2, 0) is 19.9 Å². The molecule has 0 saturated carbocycles. The zero-order chi connectivity index (χ0) is 33.1. The van der Waals surface area contributed by atoms with Crippen molar-refractivity contribution in [3.8, 4) is 11.5 Å². The predicted molar refractivity (Wildman–Crippen MR) is 175 cm³/mol. The summed E-state index contributed by atoms with van der Waals surface area (Å²) in [5.74, 6) is 0.968. The molecular formula is C34H36N6O7. The highest BCUT2D eigenvalue weighted by Gasteiger charge is 2.51. The summed E-state index contributed by atoms with van der Waals surface area (Å²) in [5, 5.41) is 22.5. The minimum Gasteiger partial charge on any atom is -0.497 e. The molecule has 13 heteroatoms. The number of hydrogen-bond acceptors (Lipinski definition) is 11. The van der Waals surface area contributed by atoms with Crippen molar-refractivity contribution in [3.63, 3.8) is 0 Å². The maximum atomic E-state index is 12.7. The molecule has 3 aliphatic heterocycles. The van der Waals surface area contributed by atoms with Gasteiger partial charge in [-0.05, 0) is 41.0 Å². The van der Waals surface area contributed by atoms with Crippen LogP contribution in [0.1, 0.15) is 16.7 Å². The van der Waals surface area contributed by atoms with Gasteiger partial charge in [-0.3, -0.25) is 14.7 Å². The summed E-state index contributed by atoms with van der Waals surface area (Å²) >= 11 is 0. The predicted octanol–water partition coefficient (Wildman–Crippen LogP) is 2.06. The number of aliphatic imine (C=N–C) groups is 4. The normalized spacial score (nSPS) is 23.9. The third-order valence-corrected chi connectivity index (χ3v) is 8.16. The van der Waals surface area contributed by atoms with Crippen LogP contribution in [0, 0.1) is 0 Å². The number of methoxy groups -OCH3 is 2. The van der Waals surface area contributed by atoms with Gasteiger partial charge >= 0.3 is 0 Å². The smallest absolute Gasteiger partial charge is 0.281 e. The Morgan fingerprint density at radius 3 is 2.06 bits per heavy atom. The topological polar surface area (TPSA) is 150 Å². The molecule has 0 radical (unpaired) electrons. The lowest BCUT2D eigenvalue weighted by Gasteiger charge is -2.37. The van der Waals surface area contributed by atoms with Crippen LogP contribution in [0.25, 0.3) is 0 Å². The highest BCUT2D eigenvalue weighted by molar-refractivity contribution is 6.22. The van der Waals surface area contributed by atoms with E-state index in [4.69, 9.17) is 18.9 Å². The van der Waals surface area contributed by atoms with Crippen molar-refractivity contribution in [2.75, 3.05) is 34.9 Å². The number of carbonyl (C=O) groups excluding carboxylic acids is 1. The Labute approximate surface area is 272 Å². The van der Waals surface area contributed by atoms with E-state index in [0.717, 1.165) is 16.7 Å². The van der Waals surface area contributed by atoms with Crippen LogP contribution < -0.4 is 9.47 Å². The lowest BCUT2D eigenvalue weighted by atomic mass is 9.80. The summed E-state index contributed by atoms with van der Waals surface area (Å²) in [7, 11) is 6.76. The summed E-state index contributed by atoms with van der Waals surface area (Å²) in [5.41, 5.74) is 1.26. The largest absolute Gasteiger partial charge is 0.497 e. The molecule has 244 valence electrons. The number of amidine groups is 1. The zero-order valence-corrected chi connectivity index (χ0v) is 26.4. The number of nitrogens with zero attached hydrogens (tertiary/aromatic N) is 6. The van der Waals surface area contributed by atoms with Crippen LogP contribution in [0.15, 0.2) is 98.8 Å². The molecule has 6 rings (SSSR count). The number of fused-ring (bicyclic) bond motifs is 1. The van der Waals surface area contributed by atoms with Gasteiger partial charge in [0.15, 0.2) is 18.1 Å². The SMILES string of the molecule is COc1ccc(C(OC[C@H]2O[C@@H](N3C=NC4C(=O)N=C(/N=C/N(C)C)N=C43)[C@H](O)[C@@H]2O)(c2ccccc2)c2ccc(OC)cc2)cc1. The van der Waals surface area contributed by atoms with Gasteiger partial charge in [0.25, 0.3) is 11.9 Å². The van der Waals surface area contributed by atoms with Gasteiger partial charge in [0.1, 0.15) is 35.4 Å². The highest BCUT2D eigenvalue weighted by Crippen LogP contribution is 2.42. The number of amides is 1. The van der Waals surface area contributed by atoms with Gasteiger partial charge < -0.3 is 34.1 Å². The van der Waals surface area contributed by atoms with E-state index in [1.807, 2.05) is 78.9 Å². The van der Waals surface area contributed by atoms with Gasteiger partial charge in [-0.25, -0.2) is 4.99 Å². The van der Waals surface area contributed by atoms with Crippen LogP contribution in [0.2, 0.25) is 0 Å². The second kappa shape index (κ2) is 13.4. The molecule has 1 fully saturated rings. The lowest BCUT2D eigenvalue weighted by Crippen LogP contribution is -2.48. The molecule has 5 atom stereocenters. The van der Waals surface area contributed by atoms with Gasteiger partial charge in [0.2, 0.25) is 0 Å². The number of guanidine groups is 1. The minimum absolute atomic E-state index is 0.0509. The lowest BCUT2D eigenvalue weighted by molar-refractivity contribution is -0.117. The van der Waals surface area contributed by atoms with Crippen molar-refractivity contribution in [2.45, 2.75) is 36.2 Å². The third kappa shape index (κ3) is 6.13. The average molecular weight is 641 g/mol. The molecule has 1 amide bonds. The first kappa shape index (κ1) is 32.0. The Morgan fingerprint density at radius 1 is 0.894 bits per heavy atom. The number of hydrogen-bond donors (Lipinski definition) is 2. The molecule has 3 aromatic carbocycles. The first-order valence-corrected chi connectivity index (χ1v) is 15.0. The number of ether oxygens (including phenoxy) is 4. The zero-order valence-electron chi connectivity index (χ0n) is 26.4. The van der Waals surface area contributed by atoms with Gasteiger partial charge in [0.05, 0.1) is 33.5 Å². The minimum atomic E-state index is -1.38. The Hall–Kier alpha value is -4.95. The molecule has 0 aromatic heterocycles. The molecule has 0 aliphatic carbocycles. The first-order chi connectivity index (χ1) is 22.7. The van der Waals surface area contributed by atoms with Crippen molar-refractivity contribution in [1.82, 2.24) is 9.80 Å². The molecule has 0 spiro atoms. The molecule has 2 N–H and O–H groups in total. The fourth-order valence-electron chi connectivity index (χ4n) is 5.78. The van der Waals surface area contributed by atoms with Gasteiger partial charge in [-0.15, -0.1) is 0 Å². The highest BCUT2D eigenvalue weighted by atomic mass is 16.6. The van der Waals surface area contributed by atoms with E-state index >= 15 is 0 Å². The Kier molecular flexibility index (Phi) is 9.14. The van der Waals surface area contributed by atoms with E-state index in [2.05, 4.69) is 20.0 Å². The number of carbonyl (C=O) groups is 1. The van der Waals surface area contributed by atoms with E-state index in [9.17, 15) is 15.0 Å². The standard InChI is InChI=1S/C34H36N6O7/c1-39(2)19-36-33-37-30-27(31(43)38-33)35-20-40(30)32-29(42)28(41)26(47-32)18-46-34(21-8-6-5-7-9-21,22-10-14-24(44-3)15-11-22)23-12-16-25(45-4)17-13-23/h5-17,19-20,26-29,32,41-42H,18H2,1-4H3/b36-19+/t26-,27?,28-,29-,32-/m1/s1. The molecule has 1 saturated heterocycles. The van der Waals surface area contributed by atoms with Crippen molar-refractivity contribution < 1.29 is 34.0 Å². The molecule has 13 nitrogen and oxygen atoms in total. The van der Waals surface area contributed by atoms with E-state index in [1.165, 1.54) is 17.6 Å². The number of aliphatic hydroxyl groups is 2.